The van der Waals surface area contributed by atoms with Crippen molar-refractivity contribution in [3.63, 3.8) is 0 Å². The Morgan fingerprint density at radius 2 is 0.500 bits per heavy atom. The summed E-state index contributed by atoms with van der Waals surface area (Å²) >= 11 is 0. The Bertz CT molecular complexity index is 2800. The van der Waals surface area contributed by atoms with Gasteiger partial charge in [-0.25, -0.2) is 97.4 Å². The monoisotopic (exact) mass is 1250 g/mol. The molecular weight excluding hydrogens is 1180 g/mol. The number of imidazole rings is 1. The van der Waals surface area contributed by atoms with Gasteiger partial charge in [-0.1, -0.05) is 187 Å². The van der Waals surface area contributed by atoms with Crippen LogP contribution in [-0.2, 0) is 13.0 Å². The molecule has 0 bridgehead atoms. The molecule has 0 unspecified atom stereocenters. The minimum Gasteiger partial charge on any atom is -0.241 e. The number of unbranched alkanes of at least 4 members (excludes halogenated alkanes) is 26. The van der Waals surface area contributed by atoms with Crippen LogP contribution in [0.1, 0.15) is 199 Å². The van der Waals surface area contributed by atoms with E-state index in [4.69, 9.17) is 0 Å². The van der Waals surface area contributed by atoms with Gasteiger partial charge in [-0.05, 0) is 31.4 Å². The molecule has 1 heterocycles. The molecule has 0 fully saturated rings. The topological polar surface area (TPSA) is 19.7 Å². The van der Waals surface area contributed by atoms with Gasteiger partial charge < -0.3 is 0 Å². The minimum absolute atomic E-state index is 1.18. The highest BCUT2D eigenvalue weighted by molar-refractivity contribution is 7.20. The van der Waals surface area contributed by atoms with E-state index in [-0.39, 0.29) is 0 Å². The van der Waals surface area contributed by atoms with Crippen molar-refractivity contribution >= 4 is 39.0 Å². The van der Waals surface area contributed by atoms with Crippen molar-refractivity contribution in [2.45, 2.75) is 207 Å². The molecule has 476 valence electrons. The number of aryl methyl sites for hydroxylation is 2. The molecule has 0 atom stereocenters. The minimum atomic E-state index is -7.22. The third-order valence-electron chi connectivity index (χ3n) is 16.0. The molecular formula is C63H71BF20N2. The number of aromatic nitrogens is 2. The highest BCUT2D eigenvalue weighted by atomic mass is 19.2. The number of rotatable bonds is 34. The smallest absolute Gasteiger partial charge is 0.241 e. The second kappa shape index (κ2) is 34.1. The zero-order valence-corrected chi connectivity index (χ0v) is 48.1. The van der Waals surface area contributed by atoms with Crippen LogP contribution in [-0.4, -0.2) is 11.1 Å². The van der Waals surface area contributed by atoms with Crippen molar-refractivity contribution in [3.8, 4) is 0 Å². The number of fused-ring (bicyclic) bond motifs is 1. The molecule has 23 heteroatoms. The summed E-state index contributed by atoms with van der Waals surface area (Å²) in [7, 11) is 0. The Balaban J connectivity index is 0.000000316. The fourth-order valence-corrected chi connectivity index (χ4v) is 11.5. The summed E-state index contributed by atoms with van der Waals surface area (Å²) in [5, 5.41) is 0. The maximum atomic E-state index is 15.4. The Labute approximate surface area is 488 Å². The lowest BCUT2D eigenvalue weighted by molar-refractivity contribution is -0.679. The lowest BCUT2D eigenvalue weighted by Crippen LogP contribution is -2.81. The van der Waals surface area contributed by atoms with Crippen molar-refractivity contribution in [2.75, 3.05) is 0 Å². The number of hydrogen-bond donors (Lipinski definition) is 1. The number of hydrogen-bond acceptors (Lipinski definition) is 0. The van der Waals surface area contributed by atoms with Crippen LogP contribution in [0.5, 0.6) is 0 Å². The molecule has 6 rings (SSSR count). The van der Waals surface area contributed by atoms with Crippen LogP contribution in [0.3, 0.4) is 0 Å². The third-order valence-corrected chi connectivity index (χ3v) is 16.0. The van der Waals surface area contributed by atoms with Crippen molar-refractivity contribution in [1.29, 1.82) is 0 Å². The number of H-pyrrole nitrogens is 1. The molecule has 0 aliphatic carbocycles. The molecule has 1 N–H and O–H groups in total. The van der Waals surface area contributed by atoms with Gasteiger partial charge in [0.05, 0.1) is 6.54 Å². The maximum absolute atomic E-state index is 15.4. The normalized spacial score (nSPS) is 11.8. The molecule has 86 heavy (non-hydrogen) atoms. The highest BCUT2D eigenvalue weighted by Gasteiger charge is 2.52. The van der Waals surface area contributed by atoms with E-state index in [9.17, 15) is 52.7 Å². The highest BCUT2D eigenvalue weighted by Crippen LogP contribution is 2.31. The summed E-state index contributed by atoms with van der Waals surface area (Å²) in [6.07, 6.45) is 34.0. The first-order valence-electron chi connectivity index (χ1n) is 29.8. The van der Waals surface area contributed by atoms with E-state index in [1.807, 2.05) is 0 Å². The summed E-state index contributed by atoms with van der Waals surface area (Å²) in [5.74, 6) is -69.9. The quantitative estimate of drug-likeness (QED) is 0.0104. The molecule has 0 saturated heterocycles. The maximum Gasteiger partial charge on any atom is 0.255 e. The number of nitrogens with one attached hydrogen (secondary N) is 1. The Morgan fingerprint density at radius 3 is 0.767 bits per heavy atom. The molecule has 0 radical (unpaired) electrons. The summed E-state index contributed by atoms with van der Waals surface area (Å²) in [6, 6.07) is 8.94. The fraction of sp³-hybridized carbons (Fsp3) is 0.508. The van der Waals surface area contributed by atoms with Gasteiger partial charge in [0, 0.05) is 6.42 Å². The predicted octanol–water partition coefficient (Wildman–Crippen LogP) is 18.8. The average molecular weight is 1250 g/mol. The molecule has 0 saturated carbocycles. The molecule has 6 aromatic rings. The van der Waals surface area contributed by atoms with E-state index in [1.54, 1.807) is 0 Å². The van der Waals surface area contributed by atoms with E-state index >= 15 is 35.1 Å². The largest absolute Gasteiger partial charge is 0.255 e. The van der Waals surface area contributed by atoms with Gasteiger partial charge in [0.15, 0.2) is 80.8 Å². The van der Waals surface area contributed by atoms with Crippen molar-refractivity contribution in [1.82, 2.24) is 4.98 Å². The fourth-order valence-electron chi connectivity index (χ4n) is 11.5. The number of nitrogens with zero attached hydrogens (tertiary/aromatic N) is 1. The zero-order valence-electron chi connectivity index (χ0n) is 48.1. The van der Waals surface area contributed by atoms with Crippen LogP contribution in [0.15, 0.2) is 24.3 Å². The summed E-state index contributed by atoms with van der Waals surface area (Å²) < 4.78 is 297. The molecule has 5 aromatic carbocycles. The Hall–Kier alpha value is -5.77. The Morgan fingerprint density at radius 1 is 0.279 bits per heavy atom. The number of para-hydroxylation sites is 2. The van der Waals surface area contributed by atoms with Crippen LogP contribution in [0.2, 0.25) is 0 Å². The van der Waals surface area contributed by atoms with Crippen LogP contribution in [0.25, 0.3) is 11.0 Å². The molecule has 2 nitrogen and oxygen atoms in total. The van der Waals surface area contributed by atoms with Gasteiger partial charge in [0.1, 0.15) is 52.7 Å². The number of halogens is 20. The van der Waals surface area contributed by atoms with E-state index in [1.165, 1.54) is 210 Å². The van der Waals surface area contributed by atoms with E-state index < -0.39 is 144 Å². The van der Waals surface area contributed by atoms with Crippen molar-refractivity contribution < 1.29 is 92.4 Å². The first-order chi connectivity index (χ1) is 41.1. The lowest BCUT2D eigenvalue weighted by atomic mass is 9.12. The van der Waals surface area contributed by atoms with Gasteiger partial charge in [-0.2, -0.15) is 0 Å². The first kappa shape index (κ1) is 71.0. The number of benzene rings is 5. The lowest BCUT2D eigenvalue weighted by Gasteiger charge is -2.44. The summed E-state index contributed by atoms with van der Waals surface area (Å²) in [6.45, 7) is 5.79. The third kappa shape index (κ3) is 16.3. The second-order valence-corrected chi connectivity index (χ2v) is 22.0. The molecule has 0 amide bonds. The second-order valence-electron chi connectivity index (χ2n) is 22.0. The van der Waals surface area contributed by atoms with Crippen LogP contribution >= 0.6 is 0 Å². The van der Waals surface area contributed by atoms with E-state index in [0.29, 0.717) is 0 Å². The van der Waals surface area contributed by atoms with Gasteiger partial charge in [0.25, 0.3) is 5.82 Å². The Kier molecular flexibility index (Phi) is 28.2. The molecule has 0 spiro atoms. The van der Waals surface area contributed by atoms with Crippen molar-refractivity contribution in [2.24, 2.45) is 0 Å². The van der Waals surface area contributed by atoms with Crippen LogP contribution in [0, 0.1) is 116 Å². The first-order valence-corrected chi connectivity index (χ1v) is 29.8. The van der Waals surface area contributed by atoms with Gasteiger partial charge in [-0.15, -0.1) is 21.9 Å². The van der Waals surface area contributed by atoms with Gasteiger partial charge in [0.2, 0.25) is 0 Å². The number of aromatic amines is 1. The molecule has 0 aliphatic rings. The predicted molar refractivity (Wildman–Crippen MR) is 292 cm³/mol. The van der Waals surface area contributed by atoms with Crippen LogP contribution < -0.4 is 26.4 Å². The zero-order chi connectivity index (χ0) is 63.4. The standard InChI is InChI=1S/C39H70N2.C24BF20/c1-3-5-7-9-11-13-15-17-19-21-23-25-27-29-35-39-40-37-33-30-31-34-38(37)41(39)36-32-28-26-24-22-20-18-16-14-12-10-8-6-4-2;26-5-1(6(27)14(35)21(42)13(5)34)25(2-7(28)15(36)22(43)16(37)8(2)29,3-9(30)17(38)23(44)18(39)10(3)31)4-11(32)19(40)24(45)20(41)12(4)33/h30-31,33-34H,3-29,32,35-36H2,1-2H3;/q;-1/p+1. The summed E-state index contributed by atoms with van der Waals surface area (Å²) in [4.78, 5) is 3.77. The SMILES string of the molecule is CCCCCCCCCCCCCCCCc1[nH]c2ccccc2[n+]1CCCCCCCCCCCCCCCC.Fc1c(F)c(F)c([B-](c2c(F)c(F)c(F)c(F)c2F)(c2c(F)c(F)c(F)c(F)c2F)c2c(F)c(F)c(F)c(F)c2F)c(F)c1F. The van der Waals surface area contributed by atoms with E-state index in [2.05, 4.69) is 47.7 Å². The summed E-state index contributed by atoms with van der Waals surface area (Å²) in [5.41, 5.74) is -11.6. The molecule has 0 aliphatic heterocycles. The molecule has 1 aromatic heterocycles. The van der Waals surface area contributed by atoms with Crippen LogP contribution in [0.4, 0.5) is 87.8 Å². The van der Waals surface area contributed by atoms with Gasteiger partial charge >= 0.3 is 0 Å². The van der Waals surface area contributed by atoms with E-state index in [0.717, 1.165) is 0 Å². The van der Waals surface area contributed by atoms with Gasteiger partial charge in [-0.3, -0.25) is 0 Å². The van der Waals surface area contributed by atoms with Crippen molar-refractivity contribution in [3.05, 3.63) is 146 Å². The average Bonchev–Trinajstić information content (AvgIpc) is 0.779.